The second kappa shape index (κ2) is 13.2. The minimum atomic E-state index is 0.0720. The number of pyridine rings is 1. The Morgan fingerprint density at radius 1 is 0.850 bits per heavy atom. The summed E-state index contributed by atoms with van der Waals surface area (Å²) in [4.78, 5) is 24.5. The molecule has 5 nitrogen and oxygen atoms in total. The van der Waals surface area contributed by atoms with Crippen molar-refractivity contribution >= 4 is 23.4 Å². The first-order valence-corrected chi connectivity index (χ1v) is 14.1. The van der Waals surface area contributed by atoms with Gasteiger partial charge in [0.2, 0.25) is 5.91 Å². The molecule has 0 bridgehead atoms. The number of amides is 1. The van der Waals surface area contributed by atoms with Gasteiger partial charge >= 0.3 is 0 Å². The maximum absolute atomic E-state index is 13.7. The molecule has 0 N–H and O–H groups in total. The predicted molar refractivity (Wildman–Crippen MR) is 164 cm³/mol. The Morgan fingerprint density at radius 3 is 2.20 bits per heavy atom. The number of piperidine rings is 1. The van der Waals surface area contributed by atoms with Crippen LogP contribution in [0.5, 0.6) is 0 Å². The first-order chi connectivity index (χ1) is 19.6. The van der Waals surface area contributed by atoms with Crippen LogP contribution in [0.4, 0.5) is 11.4 Å². The summed E-state index contributed by atoms with van der Waals surface area (Å²) in [5.41, 5.74) is 6.91. The molecule has 2 heterocycles. The third-order valence-corrected chi connectivity index (χ3v) is 7.85. The highest BCUT2D eigenvalue weighted by molar-refractivity contribution is 5.92. The molecule has 40 heavy (non-hydrogen) atoms. The molecule has 0 spiro atoms. The van der Waals surface area contributed by atoms with Crippen molar-refractivity contribution in [2.24, 2.45) is 0 Å². The van der Waals surface area contributed by atoms with E-state index in [2.05, 4.69) is 100 Å². The molecule has 1 aromatic heterocycles. The predicted octanol–water partition coefficient (Wildman–Crippen LogP) is 6.86. The molecule has 1 aliphatic heterocycles. The van der Waals surface area contributed by atoms with E-state index in [1.54, 1.807) is 18.5 Å². The normalized spacial score (nSPS) is 14.3. The van der Waals surface area contributed by atoms with Crippen LogP contribution in [0.1, 0.15) is 35.1 Å². The highest BCUT2D eigenvalue weighted by atomic mass is 16.2. The van der Waals surface area contributed by atoms with Gasteiger partial charge in [-0.3, -0.25) is 14.7 Å². The van der Waals surface area contributed by atoms with Crippen LogP contribution < -0.4 is 4.90 Å². The summed E-state index contributed by atoms with van der Waals surface area (Å²) in [6.07, 6.45) is 9.27. The maximum Gasteiger partial charge on any atom is 0.247 e. The molecular formula is C35H38N4O. The first kappa shape index (κ1) is 27.4. The average Bonchev–Trinajstić information content (AvgIpc) is 3.01. The van der Waals surface area contributed by atoms with Crippen LogP contribution in [0.15, 0.2) is 109 Å². The Morgan fingerprint density at radius 2 is 1.50 bits per heavy atom. The Hall–Kier alpha value is -4.22. The molecule has 0 atom stereocenters. The van der Waals surface area contributed by atoms with E-state index in [1.165, 1.54) is 11.1 Å². The highest BCUT2D eigenvalue weighted by Gasteiger charge is 2.27. The maximum atomic E-state index is 13.7. The molecule has 1 aliphatic rings. The zero-order valence-electron chi connectivity index (χ0n) is 23.5. The Kier molecular flexibility index (Phi) is 9.04. The summed E-state index contributed by atoms with van der Waals surface area (Å²) in [5, 5.41) is 0. The van der Waals surface area contributed by atoms with E-state index in [4.69, 9.17) is 0 Å². The van der Waals surface area contributed by atoms with Gasteiger partial charge in [-0.2, -0.15) is 0 Å². The second-order valence-corrected chi connectivity index (χ2v) is 10.6. The fourth-order valence-corrected chi connectivity index (χ4v) is 5.39. The molecule has 204 valence electrons. The minimum Gasteiger partial charge on any atom is -0.345 e. The minimum absolute atomic E-state index is 0.0720. The standard InChI is InChI=1S/C35H38N4O/c1-28-8-6-7-11-31(28)14-17-35(40)39(34-20-24-38(25-21-34)26-29-9-4-3-5-10-29)27-30-12-15-32(16-13-30)37(2)33-18-22-36-23-19-33/h3-19,22-23,34H,20-21,24-27H2,1-2H3. The van der Waals surface area contributed by atoms with Crippen molar-refractivity contribution in [3.8, 4) is 0 Å². The number of anilines is 2. The molecule has 1 amide bonds. The van der Waals surface area contributed by atoms with Crippen molar-refractivity contribution in [2.45, 2.75) is 38.9 Å². The zero-order chi connectivity index (χ0) is 27.7. The molecular weight excluding hydrogens is 492 g/mol. The lowest BCUT2D eigenvalue weighted by molar-refractivity contribution is -0.130. The van der Waals surface area contributed by atoms with Crippen LogP contribution in [0.3, 0.4) is 0 Å². The first-order valence-electron chi connectivity index (χ1n) is 14.1. The van der Waals surface area contributed by atoms with Gasteiger partial charge in [-0.1, -0.05) is 66.7 Å². The fourth-order valence-electron chi connectivity index (χ4n) is 5.39. The van der Waals surface area contributed by atoms with E-state index in [1.807, 2.05) is 30.3 Å². The number of likely N-dealkylation sites (tertiary alicyclic amines) is 1. The van der Waals surface area contributed by atoms with E-state index >= 15 is 0 Å². The van der Waals surface area contributed by atoms with Gasteiger partial charge < -0.3 is 9.80 Å². The van der Waals surface area contributed by atoms with Crippen molar-refractivity contribution in [3.05, 3.63) is 132 Å². The van der Waals surface area contributed by atoms with E-state index < -0.39 is 0 Å². The van der Waals surface area contributed by atoms with Crippen molar-refractivity contribution < 1.29 is 4.79 Å². The van der Waals surface area contributed by atoms with Crippen molar-refractivity contribution in [1.82, 2.24) is 14.8 Å². The summed E-state index contributed by atoms with van der Waals surface area (Å²) < 4.78 is 0. The molecule has 1 saturated heterocycles. The second-order valence-electron chi connectivity index (χ2n) is 10.6. The summed E-state index contributed by atoms with van der Waals surface area (Å²) in [7, 11) is 2.06. The summed E-state index contributed by atoms with van der Waals surface area (Å²) in [6.45, 7) is 5.61. The third kappa shape index (κ3) is 7.04. The molecule has 4 aromatic rings. The number of aryl methyl sites for hydroxylation is 1. The molecule has 0 radical (unpaired) electrons. The quantitative estimate of drug-likeness (QED) is 0.222. The van der Waals surface area contributed by atoms with Gasteiger partial charge in [0.05, 0.1) is 0 Å². The van der Waals surface area contributed by atoms with Crippen molar-refractivity contribution in [3.63, 3.8) is 0 Å². The van der Waals surface area contributed by atoms with E-state index in [9.17, 15) is 4.79 Å². The lowest BCUT2D eigenvalue weighted by Crippen LogP contribution is -2.46. The Bertz CT molecular complexity index is 1390. The summed E-state index contributed by atoms with van der Waals surface area (Å²) in [6, 6.07) is 31.6. The molecule has 0 unspecified atom stereocenters. The number of aromatic nitrogens is 1. The number of benzene rings is 3. The van der Waals surface area contributed by atoms with Gasteiger partial charge in [-0.05, 0) is 72.4 Å². The molecule has 1 fully saturated rings. The number of carbonyl (C=O) groups is 1. The van der Waals surface area contributed by atoms with Gasteiger partial charge in [-0.25, -0.2) is 0 Å². The van der Waals surface area contributed by atoms with E-state index in [0.29, 0.717) is 6.54 Å². The van der Waals surface area contributed by atoms with E-state index in [-0.39, 0.29) is 11.9 Å². The summed E-state index contributed by atoms with van der Waals surface area (Å²) in [5.74, 6) is 0.0720. The monoisotopic (exact) mass is 530 g/mol. The van der Waals surface area contributed by atoms with Crippen molar-refractivity contribution in [1.29, 1.82) is 0 Å². The summed E-state index contributed by atoms with van der Waals surface area (Å²) >= 11 is 0. The Balaban J connectivity index is 1.30. The molecule has 5 rings (SSSR count). The SMILES string of the molecule is Cc1ccccc1C=CC(=O)N(Cc1ccc(N(C)c2ccncc2)cc1)C1CCN(Cc2ccccc2)CC1. The average molecular weight is 531 g/mol. The lowest BCUT2D eigenvalue weighted by atomic mass is 10.0. The van der Waals surface area contributed by atoms with Gasteiger partial charge in [0.1, 0.15) is 0 Å². The zero-order valence-corrected chi connectivity index (χ0v) is 23.5. The number of hydrogen-bond acceptors (Lipinski definition) is 4. The van der Waals surface area contributed by atoms with Crippen LogP contribution in [0.25, 0.3) is 6.08 Å². The van der Waals surface area contributed by atoms with Gasteiger partial charge in [-0.15, -0.1) is 0 Å². The molecule has 5 heteroatoms. The molecule has 3 aromatic carbocycles. The van der Waals surface area contributed by atoms with Crippen LogP contribution >= 0.6 is 0 Å². The Labute approximate surface area is 238 Å². The fraction of sp³-hybridized carbons (Fsp3) is 0.257. The van der Waals surface area contributed by atoms with E-state index in [0.717, 1.165) is 55.0 Å². The smallest absolute Gasteiger partial charge is 0.247 e. The molecule has 0 saturated carbocycles. The largest absolute Gasteiger partial charge is 0.345 e. The molecule has 0 aliphatic carbocycles. The number of rotatable bonds is 9. The van der Waals surface area contributed by atoms with Gasteiger partial charge in [0.15, 0.2) is 0 Å². The topological polar surface area (TPSA) is 39.7 Å². The van der Waals surface area contributed by atoms with Crippen LogP contribution in [-0.2, 0) is 17.9 Å². The third-order valence-electron chi connectivity index (χ3n) is 7.85. The number of carbonyl (C=O) groups excluding carboxylic acids is 1. The van der Waals surface area contributed by atoms with Crippen molar-refractivity contribution in [2.75, 3.05) is 25.0 Å². The van der Waals surface area contributed by atoms with Crippen LogP contribution in [0.2, 0.25) is 0 Å². The van der Waals surface area contributed by atoms with Gasteiger partial charge in [0.25, 0.3) is 0 Å². The van der Waals surface area contributed by atoms with Crippen LogP contribution in [-0.4, -0.2) is 46.9 Å². The van der Waals surface area contributed by atoms with Gasteiger partial charge in [0, 0.05) is 69.1 Å². The highest BCUT2D eigenvalue weighted by Crippen LogP contribution is 2.25. The van der Waals surface area contributed by atoms with Crippen LogP contribution in [0, 0.1) is 6.92 Å². The lowest BCUT2D eigenvalue weighted by Gasteiger charge is -2.38. The number of nitrogens with zero attached hydrogens (tertiary/aromatic N) is 4. The number of hydrogen-bond donors (Lipinski definition) is 0.